The number of aromatic nitrogens is 2. The number of amides is 1. The van der Waals surface area contributed by atoms with Crippen LogP contribution in [0.2, 0.25) is 0 Å². The van der Waals surface area contributed by atoms with Crippen LogP contribution in [-0.2, 0) is 4.74 Å². The maximum Gasteiger partial charge on any atom is 0.344 e. The minimum Gasteiger partial charge on any atom is -0.462 e. The molecule has 0 atom stereocenters. The Morgan fingerprint density at radius 3 is 2.31 bits per heavy atom. The van der Waals surface area contributed by atoms with Crippen LogP contribution in [0.3, 0.4) is 0 Å². The summed E-state index contributed by atoms with van der Waals surface area (Å²) in [6, 6.07) is 4.91. The second kappa shape index (κ2) is 7.83. The largest absolute Gasteiger partial charge is 0.462 e. The van der Waals surface area contributed by atoms with E-state index in [1.54, 1.807) is 32.0 Å². The number of ketones is 1. The normalized spacial score (nSPS) is 10.8. The minimum atomic E-state index is -0.736. The number of nitrogens with zero attached hydrogens (tertiary/aromatic N) is 2. The summed E-state index contributed by atoms with van der Waals surface area (Å²) in [6.45, 7) is 8.34. The molecule has 0 aliphatic heterocycles. The van der Waals surface area contributed by atoms with E-state index in [2.05, 4.69) is 15.3 Å². The van der Waals surface area contributed by atoms with Gasteiger partial charge in [0, 0.05) is 5.56 Å². The molecule has 8 nitrogen and oxygen atoms in total. The molecule has 2 aromatic heterocycles. The molecule has 0 radical (unpaired) electrons. The van der Waals surface area contributed by atoms with Crippen LogP contribution in [0.1, 0.15) is 62.1 Å². The van der Waals surface area contributed by atoms with Crippen LogP contribution >= 0.6 is 0 Å². The Hall–Kier alpha value is -3.55. The molecular formula is C21H21N3O5. The average Bonchev–Trinajstić information content (AvgIpc) is 2.98. The zero-order valence-corrected chi connectivity index (χ0v) is 16.9. The fraction of sp³-hybridized carbons (Fsp3) is 0.286. The van der Waals surface area contributed by atoms with Crippen molar-refractivity contribution < 1.29 is 23.5 Å². The number of hydrogen-bond acceptors (Lipinski definition) is 7. The Morgan fingerprint density at radius 2 is 1.69 bits per heavy atom. The molecule has 0 unspecified atom stereocenters. The summed E-state index contributed by atoms with van der Waals surface area (Å²) in [4.78, 5) is 46.0. The summed E-state index contributed by atoms with van der Waals surface area (Å²) in [7, 11) is 0. The summed E-state index contributed by atoms with van der Waals surface area (Å²) in [5.74, 6) is -1.50. The van der Waals surface area contributed by atoms with Gasteiger partial charge in [0.05, 0.1) is 34.6 Å². The van der Waals surface area contributed by atoms with Crippen molar-refractivity contribution in [2.24, 2.45) is 0 Å². The first-order valence-corrected chi connectivity index (χ1v) is 9.10. The number of esters is 1. The number of carbonyl (C=O) groups excluding carboxylic acids is 3. The fourth-order valence-corrected chi connectivity index (χ4v) is 3.00. The molecule has 0 aliphatic carbocycles. The molecule has 29 heavy (non-hydrogen) atoms. The topological polar surface area (TPSA) is 111 Å². The van der Waals surface area contributed by atoms with E-state index < -0.39 is 11.9 Å². The Labute approximate surface area is 167 Å². The van der Waals surface area contributed by atoms with Gasteiger partial charge in [0.2, 0.25) is 5.88 Å². The number of benzene rings is 1. The zero-order valence-electron chi connectivity index (χ0n) is 16.9. The highest BCUT2D eigenvalue weighted by Crippen LogP contribution is 2.29. The van der Waals surface area contributed by atoms with Crippen LogP contribution in [0.4, 0.5) is 5.88 Å². The van der Waals surface area contributed by atoms with Crippen molar-refractivity contribution in [3.8, 4) is 0 Å². The van der Waals surface area contributed by atoms with E-state index in [9.17, 15) is 14.4 Å². The third kappa shape index (κ3) is 3.87. The van der Waals surface area contributed by atoms with E-state index in [-0.39, 0.29) is 35.2 Å². The second-order valence-corrected chi connectivity index (χ2v) is 6.57. The fourth-order valence-electron chi connectivity index (χ4n) is 3.00. The average molecular weight is 395 g/mol. The number of carbonyl (C=O) groups is 3. The molecule has 3 rings (SSSR count). The Morgan fingerprint density at radius 1 is 1.03 bits per heavy atom. The molecule has 2 heterocycles. The first-order chi connectivity index (χ1) is 13.7. The molecule has 8 heteroatoms. The van der Waals surface area contributed by atoms with Crippen molar-refractivity contribution in [2.45, 2.75) is 34.6 Å². The number of hydrogen-bond donors (Lipinski definition) is 1. The smallest absolute Gasteiger partial charge is 0.344 e. The van der Waals surface area contributed by atoms with Crippen LogP contribution < -0.4 is 5.32 Å². The Kier molecular flexibility index (Phi) is 5.45. The van der Waals surface area contributed by atoms with E-state index >= 15 is 0 Å². The Bertz CT molecular complexity index is 1150. The van der Waals surface area contributed by atoms with Gasteiger partial charge in [-0.25, -0.2) is 14.8 Å². The number of Topliss-reactive ketones (excluding diaryl/α,β-unsaturated/α-hetero) is 1. The van der Waals surface area contributed by atoms with E-state index in [1.165, 1.54) is 6.92 Å². The van der Waals surface area contributed by atoms with E-state index in [0.29, 0.717) is 16.6 Å². The molecule has 0 fully saturated rings. The van der Waals surface area contributed by atoms with Gasteiger partial charge in [-0.2, -0.15) is 0 Å². The maximum atomic E-state index is 12.8. The van der Waals surface area contributed by atoms with Gasteiger partial charge in [0.1, 0.15) is 11.3 Å². The summed E-state index contributed by atoms with van der Waals surface area (Å²) in [5, 5.41) is 2.57. The van der Waals surface area contributed by atoms with Crippen LogP contribution in [0, 0.1) is 20.8 Å². The number of ether oxygens (including phenoxy) is 1. The van der Waals surface area contributed by atoms with Gasteiger partial charge >= 0.3 is 5.97 Å². The number of furan rings is 1. The molecule has 0 aliphatic rings. The van der Waals surface area contributed by atoms with Crippen LogP contribution in [0.5, 0.6) is 0 Å². The monoisotopic (exact) mass is 395 g/mol. The lowest BCUT2D eigenvalue weighted by Crippen LogP contribution is -2.16. The Balaban J connectivity index is 1.99. The molecule has 1 aromatic carbocycles. The summed E-state index contributed by atoms with van der Waals surface area (Å²) in [6.07, 6.45) is 0. The number of aryl methyl sites for hydroxylation is 3. The molecule has 150 valence electrons. The number of anilines is 1. The second-order valence-electron chi connectivity index (χ2n) is 6.57. The SMILES string of the molecule is CCOC(=O)c1c(NC(=O)c2ccc3nc(C)c(C)nc3c2)oc(C)c1C(C)=O. The van der Waals surface area contributed by atoms with Gasteiger partial charge in [-0.05, 0) is 52.8 Å². The van der Waals surface area contributed by atoms with Gasteiger partial charge in [-0.1, -0.05) is 0 Å². The van der Waals surface area contributed by atoms with E-state index in [4.69, 9.17) is 9.15 Å². The molecule has 3 aromatic rings. The predicted octanol–water partition coefficient (Wildman–Crippen LogP) is 3.78. The van der Waals surface area contributed by atoms with Crippen molar-refractivity contribution in [1.82, 2.24) is 9.97 Å². The molecule has 0 spiro atoms. The standard InChI is InChI=1S/C21H21N3O5/c1-6-28-21(27)18-17(12(4)25)13(5)29-20(18)24-19(26)14-7-8-15-16(9-14)23-11(3)10(2)22-15/h7-9H,6H2,1-5H3,(H,24,26). The predicted molar refractivity (Wildman–Crippen MR) is 106 cm³/mol. The van der Waals surface area contributed by atoms with Crippen molar-refractivity contribution in [3.05, 3.63) is 52.0 Å². The summed E-state index contributed by atoms with van der Waals surface area (Å²) >= 11 is 0. The quantitative estimate of drug-likeness (QED) is 0.517. The van der Waals surface area contributed by atoms with Gasteiger partial charge < -0.3 is 9.15 Å². The molecule has 1 amide bonds. The van der Waals surface area contributed by atoms with Gasteiger partial charge in [-0.15, -0.1) is 0 Å². The number of fused-ring (bicyclic) bond motifs is 1. The molecular weight excluding hydrogens is 374 g/mol. The van der Waals surface area contributed by atoms with Crippen molar-refractivity contribution in [1.29, 1.82) is 0 Å². The summed E-state index contributed by atoms with van der Waals surface area (Å²) in [5.41, 5.74) is 3.15. The first kappa shape index (κ1) is 20.2. The molecule has 1 N–H and O–H groups in total. The van der Waals surface area contributed by atoms with E-state index in [0.717, 1.165) is 11.4 Å². The van der Waals surface area contributed by atoms with Crippen LogP contribution in [0.25, 0.3) is 11.0 Å². The number of rotatable bonds is 5. The highest BCUT2D eigenvalue weighted by molar-refractivity contribution is 6.13. The van der Waals surface area contributed by atoms with Crippen molar-refractivity contribution in [2.75, 3.05) is 11.9 Å². The highest BCUT2D eigenvalue weighted by atomic mass is 16.5. The molecule has 0 saturated carbocycles. The lowest BCUT2D eigenvalue weighted by molar-refractivity contribution is 0.0524. The molecule has 0 bridgehead atoms. The first-order valence-electron chi connectivity index (χ1n) is 9.10. The number of nitrogens with one attached hydrogen (secondary N) is 1. The van der Waals surface area contributed by atoms with Gasteiger partial charge in [0.15, 0.2) is 5.78 Å². The minimum absolute atomic E-state index is 0.0859. The van der Waals surface area contributed by atoms with Crippen molar-refractivity contribution in [3.63, 3.8) is 0 Å². The lowest BCUT2D eigenvalue weighted by atomic mass is 10.1. The van der Waals surface area contributed by atoms with Gasteiger partial charge in [-0.3, -0.25) is 14.9 Å². The van der Waals surface area contributed by atoms with Crippen LogP contribution in [-0.4, -0.2) is 34.2 Å². The summed E-state index contributed by atoms with van der Waals surface area (Å²) < 4.78 is 10.5. The van der Waals surface area contributed by atoms with Crippen LogP contribution in [0.15, 0.2) is 22.6 Å². The third-order valence-corrected chi connectivity index (χ3v) is 4.48. The highest BCUT2D eigenvalue weighted by Gasteiger charge is 2.29. The lowest BCUT2D eigenvalue weighted by Gasteiger charge is -2.07. The van der Waals surface area contributed by atoms with E-state index in [1.807, 2.05) is 13.8 Å². The maximum absolute atomic E-state index is 12.8. The molecule has 0 saturated heterocycles. The van der Waals surface area contributed by atoms with Crippen molar-refractivity contribution >= 4 is 34.6 Å². The third-order valence-electron chi connectivity index (χ3n) is 4.48. The zero-order chi connectivity index (χ0) is 21.3. The van der Waals surface area contributed by atoms with Gasteiger partial charge in [0.25, 0.3) is 5.91 Å².